The molecule has 5 heteroatoms. The molecule has 0 radical (unpaired) electrons. The summed E-state index contributed by atoms with van der Waals surface area (Å²) in [6.45, 7) is 3.95. The van der Waals surface area contributed by atoms with Crippen LogP contribution in [0.1, 0.15) is 43.0 Å². The lowest BCUT2D eigenvalue weighted by molar-refractivity contribution is -0.104. The zero-order valence-electron chi connectivity index (χ0n) is 13.3. The molecule has 2 aliphatic heterocycles. The van der Waals surface area contributed by atoms with E-state index in [0.29, 0.717) is 17.5 Å². The molecule has 3 atom stereocenters. The molecular weight excluding hydrogens is 318 g/mol. The van der Waals surface area contributed by atoms with Gasteiger partial charge in [-0.3, -0.25) is 0 Å². The number of fused-ring (bicyclic) bond motifs is 2. The summed E-state index contributed by atoms with van der Waals surface area (Å²) in [5, 5.41) is 3.82. The van der Waals surface area contributed by atoms with Gasteiger partial charge in [0.2, 0.25) is 0 Å². The molecule has 1 N–H and O–H groups in total. The van der Waals surface area contributed by atoms with Gasteiger partial charge in [-0.15, -0.1) is 11.3 Å². The summed E-state index contributed by atoms with van der Waals surface area (Å²) in [5.41, 5.74) is 1.59. The van der Waals surface area contributed by atoms with E-state index < -0.39 is 0 Å². The van der Waals surface area contributed by atoms with Crippen LogP contribution in [0.2, 0.25) is 4.34 Å². The second-order valence-electron chi connectivity index (χ2n) is 7.32. The number of ether oxygens (including phenoxy) is 2. The van der Waals surface area contributed by atoms with Crippen LogP contribution < -0.4 is 5.32 Å². The van der Waals surface area contributed by atoms with Gasteiger partial charge in [0.05, 0.1) is 17.6 Å². The molecule has 1 aromatic heterocycles. The van der Waals surface area contributed by atoms with Crippen LogP contribution in [0.15, 0.2) is 6.07 Å². The third-order valence-corrected chi connectivity index (χ3v) is 7.15. The van der Waals surface area contributed by atoms with Crippen molar-refractivity contribution >= 4 is 22.9 Å². The Hall–Kier alpha value is -0.130. The van der Waals surface area contributed by atoms with Crippen molar-refractivity contribution in [2.75, 3.05) is 20.3 Å². The van der Waals surface area contributed by atoms with E-state index in [0.717, 1.165) is 36.8 Å². The molecule has 3 nitrogen and oxygen atoms in total. The predicted octanol–water partition coefficient (Wildman–Crippen LogP) is 3.74. The van der Waals surface area contributed by atoms with Crippen LogP contribution in [0, 0.1) is 5.41 Å². The lowest BCUT2D eigenvalue weighted by Crippen LogP contribution is -2.56. The Bertz CT molecular complexity index is 571. The second kappa shape index (κ2) is 5.45. The van der Waals surface area contributed by atoms with E-state index in [9.17, 15) is 0 Å². The highest BCUT2D eigenvalue weighted by Gasteiger charge is 2.56. The Kier molecular flexibility index (Phi) is 3.82. The van der Waals surface area contributed by atoms with Gasteiger partial charge in [0.25, 0.3) is 0 Å². The SMILES string of the molecule is COCC1(C2CC3(CC(C)N2)OCCc2cc(Cl)sc23)CC1. The molecule has 1 aromatic rings. The van der Waals surface area contributed by atoms with Gasteiger partial charge < -0.3 is 14.8 Å². The molecule has 3 aliphatic rings. The molecule has 3 unspecified atom stereocenters. The van der Waals surface area contributed by atoms with Crippen LogP contribution in [-0.4, -0.2) is 32.4 Å². The summed E-state index contributed by atoms with van der Waals surface area (Å²) < 4.78 is 12.8. The van der Waals surface area contributed by atoms with Crippen LogP contribution in [0.3, 0.4) is 0 Å². The van der Waals surface area contributed by atoms with E-state index in [1.165, 1.54) is 23.3 Å². The normalized spacial score (nSPS) is 36.3. The van der Waals surface area contributed by atoms with Crippen molar-refractivity contribution in [1.29, 1.82) is 0 Å². The van der Waals surface area contributed by atoms with Crippen LogP contribution >= 0.6 is 22.9 Å². The third kappa shape index (κ3) is 2.44. The number of hydrogen-bond acceptors (Lipinski definition) is 4. The van der Waals surface area contributed by atoms with Crippen molar-refractivity contribution in [3.63, 3.8) is 0 Å². The zero-order chi connectivity index (χ0) is 15.4. The molecule has 0 bridgehead atoms. The minimum atomic E-state index is -0.135. The number of rotatable bonds is 3. The van der Waals surface area contributed by atoms with E-state index in [1.807, 2.05) is 7.11 Å². The Morgan fingerprint density at radius 2 is 2.27 bits per heavy atom. The molecule has 1 aliphatic carbocycles. The Labute approximate surface area is 141 Å². The van der Waals surface area contributed by atoms with E-state index in [1.54, 1.807) is 11.3 Å². The van der Waals surface area contributed by atoms with Gasteiger partial charge in [0.15, 0.2) is 0 Å². The van der Waals surface area contributed by atoms with Gasteiger partial charge in [-0.1, -0.05) is 11.6 Å². The molecule has 1 saturated carbocycles. The van der Waals surface area contributed by atoms with Gasteiger partial charge in [-0.25, -0.2) is 0 Å². The lowest BCUT2D eigenvalue weighted by atomic mass is 9.75. The summed E-state index contributed by atoms with van der Waals surface area (Å²) >= 11 is 8.03. The smallest absolute Gasteiger partial charge is 0.106 e. The van der Waals surface area contributed by atoms with Gasteiger partial charge in [-0.05, 0) is 50.7 Å². The Morgan fingerprint density at radius 1 is 1.45 bits per heavy atom. The first-order chi connectivity index (χ1) is 10.6. The minimum absolute atomic E-state index is 0.135. The zero-order valence-corrected chi connectivity index (χ0v) is 14.9. The number of thiophene rings is 1. The molecule has 1 saturated heterocycles. The monoisotopic (exact) mass is 341 g/mol. The fourth-order valence-electron chi connectivity index (χ4n) is 4.50. The van der Waals surface area contributed by atoms with Gasteiger partial charge in [0.1, 0.15) is 5.60 Å². The quantitative estimate of drug-likeness (QED) is 0.908. The fraction of sp³-hybridized carbons (Fsp3) is 0.765. The van der Waals surface area contributed by atoms with Crippen molar-refractivity contribution < 1.29 is 9.47 Å². The topological polar surface area (TPSA) is 30.5 Å². The van der Waals surface area contributed by atoms with E-state index >= 15 is 0 Å². The van der Waals surface area contributed by atoms with E-state index in [4.69, 9.17) is 21.1 Å². The molecule has 1 spiro atoms. The highest BCUT2D eigenvalue weighted by molar-refractivity contribution is 7.16. The minimum Gasteiger partial charge on any atom is -0.384 e. The fourth-order valence-corrected chi connectivity index (χ4v) is 5.96. The van der Waals surface area contributed by atoms with Crippen LogP contribution in [-0.2, 0) is 21.5 Å². The third-order valence-electron chi connectivity index (χ3n) is 5.66. The van der Waals surface area contributed by atoms with Crippen molar-refractivity contribution in [2.45, 2.75) is 56.7 Å². The van der Waals surface area contributed by atoms with Crippen molar-refractivity contribution in [3.8, 4) is 0 Å². The Morgan fingerprint density at radius 3 is 3.00 bits per heavy atom. The molecular formula is C17H24ClNO2S. The molecule has 2 fully saturated rings. The molecule has 0 amide bonds. The van der Waals surface area contributed by atoms with Gasteiger partial charge in [-0.2, -0.15) is 0 Å². The standard InChI is InChI=1S/C17H24ClNO2S/c1-11-8-17(9-13(19-11)16(4-5-16)10-20-2)15-12(3-6-21-17)7-14(18)22-15/h7,11,13,19H,3-6,8-10H2,1-2H3. The summed E-state index contributed by atoms with van der Waals surface area (Å²) in [7, 11) is 1.82. The van der Waals surface area contributed by atoms with Crippen LogP contribution in [0.5, 0.6) is 0 Å². The van der Waals surface area contributed by atoms with E-state index in [2.05, 4.69) is 18.3 Å². The molecule has 22 heavy (non-hydrogen) atoms. The second-order valence-corrected chi connectivity index (χ2v) is 9.01. The average Bonchev–Trinajstić information content (AvgIpc) is 3.14. The maximum absolute atomic E-state index is 6.42. The first-order valence-electron chi connectivity index (χ1n) is 8.25. The van der Waals surface area contributed by atoms with Crippen LogP contribution in [0.25, 0.3) is 0 Å². The summed E-state index contributed by atoms with van der Waals surface area (Å²) in [5.74, 6) is 0. The summed E-state index contributed by atoms with van der Waals surface area (Å²) in [6.07, 6.45) is 5.61. The number of hydrogen-bond donors (Lipinski definition) is 1. The largest absolute Gasteiger partial charge is 0.384 e. The van der Waals surface area contributed by atoms with Crippen LogP contribution in [0.4, 0.5) is 0 Å². The number of methoxy groups -OCH3 is 1. The first-order valence-corrected chi connectivity index (χ1v) is 9.44. The number of halogens is 1. The highest BCUT2D eigenvalue weighted by atomic mass is 35.5. The Balaban J connectivity index is 1.67. The summed E-state index contributed by atoms with van der Waals surface area (Å²) in [4.78, 5) is 1.38. The predicted molar refractivity (Wildman–Crippen MR) is 89.8 cm³/mol. The first kappa shape index (κ1) is 15.4. The number of piperidine rings is 1. The molecule has 4 rings (SSSR count). The maximum atomic E-state index is 6.42. The van der Waals surface area contributed by atoms with Gasteiger partial charge in [0, 0.05) is 29.5 Å². The van der Waals surface area contributed by atoms with Crippen molar-refractivity contribution in [2.24, 2.45) is 5.41 Å². The average molecular weight is 342 g/mol. The van der Waals surface area contributed by atoms with E-state index in [-0.39, 0.29) is 5.60 Å². The van der Waals surface area contributed by atoms with Gasteiger partial charge >= 0.3 is 0 Å². The molecule has 3 heterocycles. The highest BCUT2D eigenvalue weighted by Crippen LogP contribution is 2.56. The molecule has 0 aromatic carbocycles. The van der Waals surface area contributed by atoms with Crippen molar-refractivity contribution in [1.82, 2.24) is 5.32 Å². The lowest BCUT2D eigenvalue weighted by Gasteiger charge is -2.48. The summed E-state index contributed by atoms with van der Waals surface area (Å²) in [6, 6.07) is 3.08. The number of nitrogens with one attached hydrogen (secondary N) is 1. The molecule has 122 valence electrons. The maximum Gasteiger partial charge on any atom is 0.106 e. The van der Waals surface area contributed by atoms with Crippen molar-refractivity contribution in [3.05, 3.63) is 20.8 Å².